The summed E-state index contributed by atoms with van der Waals surface area (Å²) in [4.78, 5) is 10.9. The molecule has 17 heavy (non-hydrogen) atoms. The Morgan fingerprint density at radius 3 is 2.47 bits per heavy atom. The molecule has 0 bridgehead atoms. The van der Waals surface area contributed by atoms with Crippen LogP contribution in [-0.2, 0) is 4.79 Å². The summed E-state index contributed by atoms with van der Waals surface area (Å²) in [5.74, 6) is -1.03. The second-order valence-electron chi connectivity index (χ2n) is 3.80. The smallest absolute Gasteiger partial charge is 0.234 e. The minimum atomic E-state index is -0.550. The summed E-state index contributed by atoms with van der Waals surface area (Å²) in [5.41, 5.74) is 5.65. The standard InChI is InChI=1S/C11H13Cl2FN2O/c1-5(16-6(2)11(15)17)7-3-10(14)9(13)4-8(7)12/h3-6,16H,1-2H3,(H2,15,17)/t5-,6-/m1/s1. The molecule has 6 heteroatoms. The Hall–Kier alpha value is -0.840. The summed E-state index contributed by atoms with van der Waals surface area (Å²) < 4.78 is 13.3. The van der Waals surface area contributed by atoms with E-state index in [0.717, 1.165) is 0 Å². The van der Waals surface area contributed by atoms with Crippen LogP contribution in [0.2, 0.25) is 10.0 Å². The van der Waals surface area contributed by atoms with Crippen molar-refractivity contribution in [1.29, 1.82) is 0 Å². The van der Waals surface area contributed by atoms with E-state index in [1.54, 1.807) is 13.8 Å². The van der Waals surface area contributed by atoms with Gasteiger partial charge in [-0.3, -0.25) is 10.1 Å². The van der Waals surface area contributed by atoms with Gasteiger partial charge in [-0.1, -0.05) is 23.2 Å². The molecule has 0 heterocycles. The maximum Gasteiger partial charge on any atom is 0.234 e. The molecule has 0 spiro atoms. The van der Waals surface area contributed by atoms with E-state index in [-0.39, 0.29) is 11.1 Å². The third kappa shape index (κ3) is 3.56. The summed E-state index contributed by atoms with van der Waals surface area (Å²) in [7, 11) is 0. The van der Waals surface area contributed by atoms with Crippen LogP contribution in [0.5, 0.6) is 0 Å². The van der Waals surface area contributed by atoms with Crippen LogP contribution < -0.4 is 11.1 Å². The lowest BCUT2D eigenvalue weighted by Gasteiger charge is -2.19. The van der Waals surface area contributed by atoms with Gasteiger partial charge >= 0.3 is 0 Å². The van der Waals surface area contributed by atoms with Crippen LogP contribution in [0.3, 0.4) is 0 Å². The summed E-state index contributed by atoms with van der Waals surface area (Å²) in [6.07, 6.45) is 0. The highest BCUT2D eigenvalue weighted by Crippen LogP contribution is 2.28. The fourth-order valence-electron chi connectivity index (χ4n) is 1.42. The molecule has 1 rings (SSSR count). The van der Waals surface area contributed by atoms with E-state index in [0.29, 0.717) is 10.6 Å². The number of nitrogens with two attached hydrogens (primary N) is 1. The van der Waals surface area contributed by atoms with Crippen LogP contribution in [0.15, 0.2) is 12.1 Å². The highest BCUT2D eigenvalue weighted by molar-refractivity contribution is 6.35. The van der Waals surface area contributed by atoms with Crippen LogP contribution in [0.4, 0.5) is 4.39 Å². The number of rotatable bonds is 4. The number of hydrogen-bond donors (Lipinski definition) is 2. The zero-order chi connectivity index (χ0) is 13.2. The molecule has 0 radical (unpaired) electrons. The molecule has 1 aromatic carbocycles. The third-order valence-corrected chi connectivity index (χ3v) is 3.05. The molecule has 0 saturated heterocycles. The van der Waals surface area contributed by atoms with Crippen molar-refractivity contribution in [3.63, 3.8) is 0 Å². The lowest BCUT2D eigenvalue weighted by molar-refractivity contribution is -0.119. The minimum Gasteiger partial charge on any atom is -0.368 e. The van der Waals surface area contributed by atoms with Gasteiger partial charge in [0.15, 0.2) is 0 Å². The second-order valence-corrected chi connectivity index (χ2v) is 4.61. The highest BCUT2D eigenvalue weighted by Gasteiger charge is 2.17. The molecule has 0 aromatic heterocycles. The molecule has 0 unspecified atom stereocenters. The molecule has 0 aliphatic rings. The second kappa shape index (κ2) is 5.67. The zero-order valence-electron chi connectivity index (χ0n) is 9.43. The van der Waals surface area contributed by atoms with Crippen molar-refractivity contribution in [2.45, 2.75) is 25.9 Å². The van der Waals surface area contributed by atoms with Gasteiger partial charge in [0.25, 0.3) is 0 Å². The van der Waals surface area contributed by atoms with E-state index in [1.165, 1.54) is 12.1 Å². The first-order valence-electron chi connectivity index (χ1n) is 5.02. The molecule has 3 nitrogen and oxygen atoms in total. The molecule has 0 fully saturated rings. The number of carbonyl (C=O) groups is 1. The first kappa shape index (κ1) is 14.2. The van der Waals surface area contributed by atoms with Crippen molar-refractivity contribution in [3.05, 3.63) is 33.6 Å². The molecule has 94 valence electrons. The van der Waals surface area contributed by atoms with Crippen molar-refractivity contribution < 1.29 is 9.18 Å². The van der Waals surface area contributed by atoms with Crippen LogP contribution in [0.1, 0.15) is 25.5 Å². The molecule has 1 amide bonds. The number of nitrogens with one attached hydrogen (secondary N) is 1. The Morgan fingerprint density at radius 2 is 1.94 bits per heavy atom. The quantitative estimate of drug-likeness (QED) is 0.832. The lowest BCUT2D eigenvalue weighted by atomic mass is 10.1. The zero-order valence-corrected chi connectivity index (χ0v) is 10.9. The summed E-state index contributed by atoms with van der Waals surface area (Å²) >= 11 is 11.5. The van der Waals surface area contributed by atoms with Crippen molar-refractivity contribution in [3.8, 4) is 0 Å². The first-order chi connectivity index (χ1) is 7.82. The van der Waals surface area contributed by atoms with Crippen molar-refractivity contribution in [1.82, 2.24) is 5.32 Å². The van der Waals surface area contributed by atoms with Crippen molar-refractivity contribution in [2.75, 3.05) is 0 Å². The Morgan fingerprint density at radius 1 is 1.35 bits per heavy atom. The molecular formula is C11H13Cl2FN2O. The Kier molecular flexibility index (Phi) is 4.74. The molecule has 1 aromatic rings. The predicted octanol–water partition coefficient (Wildman–Crippen LogP) is 2.66. The van der Waals surface area contributed by atoms with E-state index >= 15 is 0 Å². The number of halogens is 3. The number of carbonyl (C=O) groups excluding carboxylic acids is 1. The van der Waals surface area contributed by atoms with Crippen molar-refractivity contribution in [2.24, 2.45) is 5.73 Å². The first-order valence-corrected chi connectivity index (χ1v) is 5.78. The maximum absolute atomic E-state index is 13.3. The maximum atomic E-state index is 13.3. The lowest BCUT2D eigenvalue weighted by Crippen LogP contribution is -2.40. The third-order valence-electron chi connectivity index (χ3n) is 2.43. The molecule has 0 saturated carbocycles. The molecule has 0 aliphatic carbocycles. The fourth-order valence-corrected chi connectivity index (χ4v) is 1.96. The summed E-state index contributed by atoms with van der Waals surface area (Å²) in [5, 5.41) is 3.22. The predicted molar refractivity (Wildman–Crippen MR) is 66.6 cm³/mol. The van der Waals surface area contributed by atoms with Gasteiger partial charge in [-0.15, -0.1) is 0 Å². The monoisotopic (exact) mass is 278 g/mol. The van der Waals surface area contributed by atoms with Gasteiger partial charge in [0.05, 0.1) is 11.1 Å². The van der Waals surface area contributed by atoms with E-state index in [9.17, 15) is 9.18 Å². The molecule has 0 aliphatic heterocycles. The summed E-state index contributed by atoms with van der Waals surface area (Å²) in [6.45, 7) is 3.38. The molecule has 2 atom stereocenters. The van der Waals surface area contributed by atoms with E-state index in [2.05, 4.69) is 5.32 Å². The number of benzene rings is 1. The Labute approximate surface area is 109 Å². The Bertz CT molecular complexity index is 440. The topological polar surface area (TPSA) is 55.1 Å². The number of hydrogen-bond acceptors (Lipinski definition) is 2. The van der Waals surface area contributed by atoms with Gasteiger partial charge < -0.3 is 5.73 Å². The number of primary amides is 1. The van der Waals surface area contributed by atoms with Crippen LogP contribution in [-0.4, -0.2) is 11.9 Å². The number of amides is 1. The molecule has 3 N–H and O–H groups in total. The SMILES string of the molecule is C[C@@H](N[C@H](C)c1cc(F)c(Cl)cc1Cl)C(N)=O. The van der Waals surface area contributed by atoms with Crippen LogP contribution in [0.25, 0.3) is 0 Å². The van der Waals surface area contributed by atoms with Crippen molar-refractivity contribution >= 4 is 29.1 Å². The minimum absolute atomic E-state index is 0.0334. The van der Waals surface area contributed by atoms with Gasteiger partial charge in [0.2, 0.25) is 5.91 Å². The van der Waals surface area contributed by atoms with Crippen LogP contribution >= 0.6 is 23.2 Å². The van der Waals surface area contributed by atoms with E-state index < -0.39 is 17.8 Å². The highest BCUT2D eigenvalue weighted by atomic mass is 35.5. The van der Waals surface area contributed by atoms with E-state index in [1.807, 2.05) is 0 Å². The average Bonchev–Trinajstić information content (AvgIpc) is 2.22. The Balaban J connectivity index is 2.92. The largest absolute Gasteiger partial charge is 0.368 e. The van der Waals surface area contributed by atoms with Gasteiger partial charge in [0, 0.05) is 11.1 Å². The summed E-state index contributed by atoms with van der Waals surface area (Å²) in [6, 6.07) is 1.74. The normalized spacial score (nSPS) is 14.4. The fraction of sp³-hybridized carbons (Fsp3) is 0.364. The van der Waals surface area contributed by atoms with Gasteiger partial charge in [-0.05, 0) is 31.5 Å². The van der Waals surface area contributed by atoms with Gasteiger partial charge in [0.1, 0.15) is 5.82 Å². The average molecular weight is 279 g/mol. The van der Waals surface area contributed by atoms with Gasteiger partial charge in [-0.25, -0.2) is 4.39 Å². The van der Waals surface area contributed by atoms with Gasteiger partial charge in [-0.2, -0.15) is 0 Å². The van der Waals surface area contributed by atoms with E-state index in [4.69, 9.17) is 28.9 Å². The van der Waals surface area contributed by atoms with Crippen LogP contribution in [0, 0.1) is 5.82 Å². The molecular weight excluding hydrogens is 266 g/mol.